The third-order valence-electron chi connectivity index (χ3n) is 6.95. The fourth-order valence-corrected chi connectivity index (χ4v) is 9.81. The van der Waals surface area contributed by atoms with E-state index in [4.69, 9.17) is 0 Å². The second kappa shape index (κ2) is 9.88. The maximum atomic E-state index is 2.58. The van der Waals surface area contributed by atoms with Gasteiger partial charge in [0.25, 0.3) is 0 Å². The Morgan fingerprint density at radius 3 is 1.92 bits per heavy atom. The lowest BCUT2D eigenvalue weighted by Gasteiger charge is -2.43. The van der Waals surface area contributed by atoms with Crippen LogP contribution in [0, 0.1) is 11.8 Å². The molecule has 3 aliphatic carbocycles. The first-order chi connectivity index (χ1) is 12.6. The molecule has 2 atom stereocenters. The molecule has 0 aromatic rings. The molecule has 0 aliphatic heterocycles. The minimum Gasteiger partial charge on any atom is -0.306 e. The summed E-state index contributed by atoms with van der Waals surface area (Å²) in [5, 5.41) is 1.89. The second-order valence-electron chi connectivity index (χ2n) is 9.65. The first-order valence-corrected chi connectivity index (χ1v) is 12.9. The summed E-state index contributed by atoms with van der Waals surface area (Å²) in [6.45, 7) is 4.79. The predicted octanol–water partition coefficient (Wildman–Crippen LogP) is 7.18. The average molecular weight is 376 g/mol. The summed E-state index contributed by atoms with van der Waals surface area (Å²) in [5.74, 6) is 1.45. The van der Waals surface area contributed by atoms with Gasteiger partial charge in [0.2, 0.25) is 0 Å². The Labute approximate surface area is 164 Å². The van der Waals surface area contributed by atoms with Crippen LogP contribution in [-0.2, 0) is 0 Å². The highest BCUT2D eigenvalue weighted by Gasteiger charge is 2.39. The van der Waals surface area contributed by atoms with Crippen molar-refractivity contribution in [2.45, 2.75) is 102 Å². The van der Waals surface area contributed by atoms with Crippen molar-refractivity contribution < 1.29 is 0 Å². The standard InChI is InChI=1S/C24H42NP/c1-19(2)18-23(25(3)4)22-16-11-17-24(22)26(20-12-7-5-8-13-20)21-14-9-6-10-15-21/h11,16-17,19-23H,5-10,12-15,18H2,1-4H3/t22?,23-/m0/s1. The Morgan fingerprint density at radius 1 is 0.923 bits per heavy atom. The Balaban J connectivity index is 1.83. The molecular weight excluding hydrogens is 333 g/mol. The molecule has 0 saturated heterocycles. The molecule has 1 nitrogen and oxygen atoms in total. The summed E-state index contributed by atoms with van der Waals surface area (Å²) < 4.78 is 0. The lowest BCUT2D eigenvalue weighted by molar-refractivity contribution is 0.224. The molecule has 26 heavy (non-hydrogen) atoms. The van der Waals surface area contributed by atoms with Crippen molar-refractivity contribution in [2.24, 2.45) is 11.8 Å². The Morgan fingerprint density at radius 2 is 1.46 bits per heavy atom. The van der Waals surface area contributed by atoms with Crippen LogP contribution in [0.15, 0.2) is 23.5 Å². The average Bonchev–Trinajstić information content (AvgIpc) is 3.10. The van der Waals surface area contributed by atoms with E-state index < -0.39 is 0 Å². The van der Waals surface area contributed by atoms with E-state index in [1.54, 1.807) is 0 Å². The van der Waals surface area contributed by atoms with Gasteiger partial charge < -0.3 is 4.90 Å². The summed E-state index contributed by atoms with van der Waals surface area (Å²) in [6, 6.07) is 0.678. The first-order valence-electron chi connectivity index (χ1n) is 11.4. The lowest BCUT2D eigenvalue weighted by Crippen LogP contribution is -2.37. The summed E-state index contributed by atoms with van der Waals surface area (Å²) in [4.78, 5) is 2.52. The van der Waals surface area contributed by atoms with Crippen LogP contribution in [0.25, 0.3) is 0 Å². The van der Waals surface area contributed by atoms with Gasteiger partial charge in [-0.3, -0.25) is 0 Å². The zero-order valence-electron chi connectivity index (χ0n) is 17.8. The van der Waals surface area contributed by atoms with Crippen molar-refractivity contribution in [2.75, 3.05) is 14.1 Å². The van der Waals surface area contributed by atoms with Crippen molar-refractivity contribution in [3.63, 3.8) is 0 Å². The molecule has 3 aliphatic rings. The van der Waals surface area contributed by atoms with Crippen LogP contribution in [0.2, 0.25) is 0 Å². The van der Waals surface area contributed by atoms with Gasteiger partial charge in [0.05, 0.1) is 0 Å². The monoisotopic (exact) mass is 375 g/mol. The van der Waals surface area contributed by atoms with E-state index in [1.165, 1.54) is 70.6 Å². The van der Waals surface area contributed by atoms with E-state index in [-0.39, 0.29) is 7.92 Å². The second-order valence-corrected chi connectivity index (χ2v) is 12.4. The van der Waals surface area contributed by atoms with Crippen molar-refractivity contribution in [3.05, 3.63) is 23.5 Å². The quantitative estimate of drug-likeness (QED) is 0.426. The molecule has 148 valence electrons. The molecule has 0 radical (unpaired) electrons. The van der Waals surface area contributed by atoms with Crippen LogP contribution in [-0.4, -0.2) is 36.4 Å². The van der Waals surface area contributed by atoms with Crippen LogP contribution in [0.1, 0.15) is 84.5 Å². The van der Waals surface area contributed by atoms with E-state index in [1.807, 2.05) is 5.31 Å². The summed E-state index contributed by atoms with van der Waals surface area (Å²) in [7, 11) is 4.66. The first kappa shape index (κ1) is 20.6. The third kappa shape index (κ3) is 5.02. The van der Waals surface area contributed by atoms with Gasteiger partial charge in [-0.05, 0) is 68.7 Å². The normalized spacial score (nSPS) is 26.9. The fraction of sp³-hybridized carbons (Fsp3) is 0.833. The third-order valence-corrected chi connectivity index (χ3v) is 10.6. The molecule has 0 aromatic carbocycles. The van der Waals surface area contributed by atoms with Gasteiger partial charge >= 0.3 is 0 Å². The number of nitrogens with zero attached hydrogens (tertiary/aromatic N) is 1. The number of allylic oxidation sites excluding steroid dienone is 2. The molecule has 0 bridgehead atoms. The van der Waals surface area contributed by atoms with Crippen LogP contribution < -0.4 is 0 Å². The van der Waals surface area contributed by atoms with E-state index in [0.717, 1.165) is 17.2 Å². The predicted molar refractivity (Wildman–Crippen MR) is 118 cm³/mol. The highest BCUT2D eigenvalue weighted by Crippen LogP contribution is 2.64. The molecule has 3 rings (SSSR count). The Kier molecular flexibility index (Phi) is 7.83. The maximum absolute atomic E-state index is 2.58. The van der Waals surface area contributed by atoms with E-state index in [2.05, 4.69) is 51.1 Å². The van der Waals surface area contributed by atoms with Gasteiger partial charge in [-0.2, -0.15) is 0 Å². The van der Waals surface area contributed by atoms with Gasteiger partial charge in [0, 0.05) is 12.0 Å². The Bertz CT molecular complexity index is 462. The van der Waals surface area contributed by atoms with Crippen molar-refractivity contribution in [3.8, 4) is 0 Å². The SMILES string of the molecule is CC(C)C[C@@H](C1C=CC=C1P(C1CCCCC1)C1CCCCC1)N(C)C. The van der Waals surface area contributed by atoms with Crippen molar-refractivity contribution in [1.82, 2.24) is 4.90 Å². The van der Waals surface area contributed by atoms with E-state index in [9.17, 15) is 0 Å². The zero-order chi connectivity index (χ0) is 18.5. The fourth-order valence-electron chi connectivity index (χ4n) is 5.67. The van der Waals surface area contributed by atoms with E-state index >= 15 is 0 Å². The van der Waals surface area contributed by atoms with Crippen LogP contribution >= 0.6 is 7.92 Å². The zero-order valence-corrected chi connectivity index (χ0v) is 18.7. The lowest BCUT2D eigenvalue weighted by atomic mass is 9.92. The summed E-state index contributed by atoms with van der Waals surface area (Å²) >= 11 is 0. The molecule has 1 unspecified atom stereocenters. The smallest absolute Gasteiger partial charge is 0.0196 e. The molecule has 2 fully saturated rings. The number of hydrogen-bond acceptors (Lipinski definition) is 1. The van der Waals surface area contributed by atoms with Crippen LogP contribution in [0.4, 0.5) is 0 Å². The van der Waals surface area contributed by atoms with Gasteiger partial charge in [-0.1, -0.05) is 78.5 Å². The molecule has 0 heterocycles. The molecule has 0 N–H and O–H groups in total. The van der Waals surface area contributed by atoms with Crippen LogP contribution in [0.5, 0.6) is 0 Å². The minimum atomic E-state index is 0.0523. The van der Waals surface area contributed by atoms with Crippen molar-refractivity contribution >= 4 is 7.92 Å². The highest BCUT2D eigenvalue weighted by molar-refractivity contribution is 7.63. The molecule has 0 spiro atoms. The topological polar surface area (TPSA) is 3.24 Å². The highest BCUT2D eigenvalue weighted by atomic mass is 31.1. The van der Waals surface area contributed by atoms with Crippen molar-refractivity contribution in [1.29, 1.82) is 0 Å². The number of hydrogen-bond donors (Lipinski definition) is 0. The number of rotatable bonds is 7. The van der Waals surface area contributed by atoms with Gasteiger partial charge in [-0.15, -0.1) is 0 Å². The Hall–Kier alpha value is -0.130. The molecule has 2 heteroatoms. The van der Waals surface area contributed by atoms with E-state index in [0.29, 0.717) is 12.0 Å². The molecular formula is C24H42NP. The maximum Gasteiger partial charge on any atom is 0.0196 e. The summed E-state index contributed by atoms with van der Waals surface area (Å²) in [6.07, 6.45) is 23.9. The van der Waals surface area contributed by atoms with Gasteiger partial charge in [0.1, 0.15) is 0 Å². The molecule has 0 aromatic heterocycles. The van der Waals surface area contributed by atoms with Crippen LogP contribution in [0.3, 0.4) is 0 Å². The summed E-state index contributed by atoms with van der Waals surface area (Å²) in [5.41, 5.74) is 2.05. The largest absolute Gasteiger partial charge is 0.306 e. The molecule has 0 amide bonds. The van der Waals surface area contributed by atoms with Gasteiger partial charge in [0.15, 0.2) is 0 Å². The minimum absolute atomic E-state index is 0.0523. The van der Waals surface area contributed by atoms with Gasteiger partial charge in [-0.25, -0.2) is 0 Å². The molecule has 2 saturated carbocycles.